The van der Waals surface area contributed by atoms with Crippen molar-refractivity contribution >= 4 is 16.6 Å². The van der Waals surface area contributed by atoms with E-state index >= 15 is 0 Å². The van der Waals surface area contributed by atoms with Crippen LogP contribution >= 0.6 is 0 Å². The Morgan fingerprint density at radius 2 is 2.05 bits per heavy atom. The number of hydrogen-bond acceptors (Lipinski definition) is 3. The Morgan fingerprint density at radius 1 is 1.16 bits per heavy atom. The number of aliphatic hydroxyl groups is 1. The quantitative estimate of drug-likeness (QED) is 0.897. The van der Waals surface area contributed by atoms with Crippen LogP contribution in [0.1, 0.15) is 25.7 Å². The standard InChI is InChI=1S/C16H20N2O/c19-12-14-7-2-1-5-11-18(14)16-15-8-4-3-6-13(15)9-10-17-16/h3-4,6,8-10,14,19H,1-2,5,7,11-12H2. The molecule has 100 valence electrons. The fourth-order valence-corrected chi connectivity index (χ4v) is 2.98. The lowest BCUT2D eigenvalue weighted by Gasteiger charge is -2.30. The van der Waals surface area contributed by atoms with Crippen molar-refractivity contribution in [2.24, 2.45) is 0 Å². The average Bonchev–Trinajstić information content (AvgIpc) is 2.71. The van der Waals surface area contributed by atoms with Crippen molar-refractivity contribution in [2.75, 3.05) is 18.1 Å². The second-order valence-corrected chi connectivity index (χ2v) is 5.23. The molecule has 0 spiro atoms. The van der Waals surface area contributed by atoms with Gasteiger partial charge in [0.1, 0.15) is 5.82 Å². The van der Waals surface area contributed by atoms with E-state index in [0.717, 1.165) is 18.8 Å². The maximum atomic E-state index is 9.65. The van der Waals surface area contributed by atoms with Crippen molar-refractivity contribution in [3.05, 3.63) is 36.5 Å². The van der Waals surface area contributed by atoms with E-state index in [2.05, 4.69) is 34.1 Å². The predicted molar refractivity (Wildman–Crippen MR) is 78.4 cm³/mol. The van der Waals surface area contributed by atoms with E-state index in [1.165, 1.54) is 30.0 Å². The summed E-state index contributed by atoms with van der Waals surface area (Å²) < 4.78 is 0. The Balaban J connectivity index is 2.06. The number of anilines is 1. The van der Waals surface area contributed by atoms with Gasteiger partial charge in [0.2, 0.25) is 0 Å². The maximum Gasteiger partial charge on any atom is 0.136 e. The van der Waals surface area contributed by atoms with Crippen molar-refractivity contribution in [2.45, 2.75) is 31.7 Å². The Hall–Kier alpha value is -1.61. The van der Waals surface area contributed by atoms with Gasteiger partial charge in [0, 0.05) is 18.1 Å². The third kappa shape index (κ3) is 2.43. The smallest absolute Gasteiger partial charge is 0.136 e. The van der Waals surface area contributed by atoms with Gasteiger partial charge in [-0.15, -0.1) is 0 Å². The summed E-state index contributed by atoms with van der Waals surface area (Å²) in [6.07, 6.45) is 6.56. The highest BCUT2D eigenvalue weighted by Gasteiger charge is 2.22. The van der Waals surface area contributed by atoms with Gasteiger partial charge in [0.25, 0.3) is 0 Å². The molecular weight excluding hydrogens is 236 g/mol. The largest absolute Gasteiger partial charge is 0.394 e. The SMILES string of the molecule is OCC1CCCCCN1c1nccc2ccccc12. The van der Waals surface area contributed by atoms with E-state index in [0.29, 0.717) is 0 Å². The first-order valence-electron chi connectivity index (χ1n) is 7.11. The molecule has 3 nitrogen and oxygen atoms in total. The summed E-state index contributed by atoms with van der Waals surface area (Å²) in [5.41, 5.74) is 0. The highest BCUT2D eigenvalue weighted by atomic mass is 16.3. The summed E-state index contributed by atoms with van der Waals surface area (Å²) >= 11 is 0. The fourth-order valence-electron chi connectivity index (χ4n) is 2.98. The van der Waals surface area contributed by atoms with Crippen LogP contribution in [0, 0.1) is 0 Å². The van der Waals surface area contributed by atoms with Gasteiger partial charge in [-0.2, -0.15) is 0 Å². The van der Waals surface area contributed by atoms with Crippen molar-refractivity contribution in [3.63, 3.8) is 0 Å². The summed E-state index contributed by atoms with van der Waals surface area (Å²) in [6, 6.07) is 10.6. The molecule has 1 aromatic heterocycles. The van der Waals surface area contributed by atoms with Crippen molar-refractivity contribution in [3.8, 4) is 0 Å². The van der Waals surface area contributed by atoms with E-state index in [1.54, 1.807) is 0 Å². The van der Waals surface area contributed by atoms with Crippen LogP contribution in [0.5, 0.6) is 0 Å². The van der Waals surface area contributed by atoms with Crippen LogP contribution in [0.25, 0.3) is 10.8 Å². The molecule has 3 heteroatoms. The Labute approximate surface area is 113 Å². The van der Waals surface area contributed by atoms with Gasteiger partial charge in [-0.3, -0.25) is 0 Å². The summed E-state index contributed by atoms with van der Waals surface area (Å²) in [4.78, 5) is 6.89. The number of pyridine rings is 1. The minimum atomic E-state index is 0.209. The lowest BCUT2D eigenvalue weighted by molar-refractivity contribution is 0.255. The van der Waals surface area contributed by atoms with E-state index in [9.17, 15) is 5.11 Å². The molecule has 2 heterocycles. The normalized spacial score (nSPS) is 20.5. The number of aromatic nitrogens is 1. The molecule has 0 aliphatic carbocycles. The third-order valence-electron chi connectivity index (χ3n) is 4.01. The zero-order valence-electron chi connectivity index (χ0n) is 11.1. The van der Waals surface area contributed by atoms with Crippen LogP contribution in [-0.4, -0.2) is 29.3 Å². The van der Waals surface area contributed by atoms with Crippen LogP contribution in [-0.2, 0) is 0 Å². The molecule has 1 saturated heterocycles. The lowest BCUT2D eigenvalue weighted by Crippen LogP contribution is -2.38. The predicted octanol–water partition coefficient (Wildman–Crippen LogP) is 2.98. The monoisotopic (exact) mass is 256 g/mol. The van der Waals surface area contributed by atoms with Gasteiger partial charge in [-0.05, 0) is 24.3 Å². The van der Waals surface area contributed by atoms with E-state index in [1.807, 2.05) is 12.3 Å². The maximum absolute atomic E-state index is 9.65. The number of hydrogen-bond donors (Lipinski definition) is 1. The highest BCUT2D eigenvalue weighted by molar-refractivity contribution is 5.92. The summed E-state index contributed by atoms with van der Waals surface area (Å²) in [6.45, 7) is 1.21. The zero-order chi connectivity index (χ0) is 13.1. The van der Waals surface area contributed by atoms with Gasteiger partial charge in [-0.25, -0.2) is 4.98 Å². The lowest BCUT2D eigenvalue weighted by atomic mass is 10.1. The van der Waals surface area contributed by atoms with E-state index < -0.39 is 0 Å². The second kappa shape index (κ2) is 5.57. The van der Waals surface area contributed by atoms with Crippen molar-refractivity contribution in [1.29, 1.82) is 0 Å². The van der Waals surface area contributed by atoms with Gasteiger partial charge in [0.05, 0.1) is 12.6 Å². The van der Waals surface area contributed by atoms with Gasteiger partial charge >= 0.3 is 0 Å². The Kier molecular flexibility index (Phi) is 3.65. The van der Waals surface area contributed by atoms with E-state index in [4.69, 9.17) is 0 Å². The van der Waals surface area contributed by atoms with Crippen LogP contribution in [0.2, 0.25) is 0 Å². The molecular formula is C16H20N2O. The number of benzene rings is 1. The van der Waals surface area contributed by atoms with Crippen LogP contribution in [0.3, 0.4) is 0 Å². The Morgan fingerprint density at radius 3 is 2.95 bits per heavy atom. The summed E-state index contributed by atoms with van der Waals surface area (Å²) in [7, 11) is 0. The fraction of sp³-hybridized carbons (Fsp3) is 0.438. The minimum Gasteiger partial charge on any atom is -0.394 e. The van der Waals surface area contributed by atoms with Crippen molar-refractivity contribution in [1.82, 2.24) is 4.98 Å². The number of rotatable bonds is 2. The molecule has 1 aromatic carbocycles. The third-order valence-corrected chi connectivity index (χ3v) is 4.01. The summed E-state index contributed by atoms with van der Waals surface area (Å²) in [5, 5.41) is 12.1. The number of aliphatic hydroxyl groups excluding tert-OH is 1. The first kappa shape index (κ1) is 12.4. The van der Waals surface area contributed by atoms with Gasteiger partial charge in [-0.1, -0.05) is 37.1 Å². The summed E-state index contributed by atoms with van der Waals surface area (Å²) in [5.74, 6) is 1.03. The molecule has 19 heavy (non-hydrogen) atoms. The molecule has 1 N–H and O–H groups in total. The van der Waals surface area contributed by atoms with E-state index in [-0.39, 0.29) is 12.6 Å². The molecule has 1 aliphatic rings. The molecule has 1 fully saturated rings. The Bertz CT molecular complexity index is 550. The molecule has 0 radical (unpaired) electrons. The first-order chi connectivity index (χ1) is 9.40. The molecule has 1 aliphatic heterocycles. The number of fused-ring (bicyclic) bond motifs is 1. The molecule has 1 atom stereocenters. The molecule has 3 rings (SSSR count). The van der Waals surface area contributed by atoms with Gasteiger partial charge in [0.15, 0.2) is 0 Å². The van der Waals surface area contributed by atoms with Gasteiger partial charge < -0.3 is 10.0 Å². The number of nitrogens with zero attached hydrogens (tertiary/aromatic N) is 2. The van der Waals surface area contributed by atoms with Crippen LogP contribution < -0.4 is 4.90 Å². The zero-order valence-corrected chi connectivity index (χ0v) is 11.1. The van der Waals surface area contributed by atoms with Crippen LogP contribution in [0.15, 0.2) is 36.5 Å². The van der Waals surface area contributed by atoms with Crippen molar-refractivity contribution < 1.29 is 5.11 Å². The molecule has 0 bridgehead atoms. The molecule has 0 saturated carbocycles. The molecule has 2 aromatic rings. The molecule has 0 amide bonds. The topological polar surface area (TPSA) is 36.4 Å². The average molecular weight is 256 g/mol. The van der Waals surface area contributed by atoms with Crippen LogP contribution in [0.4, 0.5) is 5.82 Å². The second-order valence-electron chi connectivity index (χ2n) is 5.23. The highest BCUT2D eigenvalue weighted by Crippen LogP contribution is 2.28. The molecule has 1 unspecified atom stereocenters. The minimum absolute atomic E-state index is 0.209. The first-order valence-corrected chi connectivity index (χ1v) is 7.11.